The first kappa shape index (κ1) is 13.4. The molecule has 4 nitrogen and oxygen atoms in total. The number of hydrogen-bond donors (Lipinski definition) is 2. The van der Waals surface area contributed by atoms with E-state index in [0.717, 1.165) is 29.5 Å². The molecule has 0 aliphatic carbocycles. The largest absolute Gasteiger partial charge is 0.496 e. The number of allylic oxidation sites excluding steroid dienone is 1. The van der Waals surface area contributed by atoms with Gasteiger partial charge in [0.1, 0.15) is 5.75 Å². The molecule has 0 aliphatic heterocycles. The van der Waals surface area contributed by atoms with Crippen LogP contribution in [0.25, 0.3) is 16.8 Å². The van der Waals surface area contributed by atoms with E-state index in [9.17, 15) is 4.79 Å². The van der Waals surface area contributed by atoms with E-state index in [0.29, 0.717) is 5.39 Å². The van der Waals surface area contributed by atoms with Gasteiger partial charge >= 0.3 is 0 Å². The number of fused-ring (bicyclic) bond motifs is 1. The summed E-state index contributed by atoms with van der Waals surface area (Å²) < 4.78 is 5.34. The van der Waals surface area contributed by atoms with Gasteiger partial charge in [0.15, 0.2) is 0 Å². The molecule has 0 spiro atoms. The van der Waals surface area contributed by atoms with Gasteiger partial charge in [0, 0.05) is 23.8 Å². The van der Waals surface area contributed by atoms with Crippen molar-refractivity contribution >= 4 is 16.8 Å². The minimum absolute atomic E-state index is 0.106. The van der Waals surface area contributed by atoms with Gasteiger partial charge in [-0.15, -0.1) is 0 Å². The quantitative estimate of drug-likeness (QED) is 0.810. The Hall–Kier alpha value is -2.07. The third kappa shape index (κ3) is 3.03. The second-order valence-electron chi connectivity index (χ2n) is 4.26. The van der Waals surface area contributed by atoms with Gasteiger partial charge in [0.05, 0.1) is 7.11 Å². The van der Waals surface area contributed by atoms with Gasteiger partial charge in [-0.25, -0.2) is 0 Å². The number of rotatable bonds is 5. The molecule has 0 unspecified atom stereocenters. The molecule has 0 saturated carbocycles. The predicted octanol–water partition coefficient (Wildman–Crippen LogP) is 2.32. The summed E-state index contributed by atoms with van der Waals surface area (Å²) >= 11 is 0. The minimum Gasteiger partial charge on any atom is -0.496 e. The number of ether oxygens (including phenoxy) is 1. The molecular weight excluding hydrogens is 242 g/mol. The fourth-order valence-electron chi connectivity index (χ4n) is 1.96. The van der Waals surface area contributed by atoms with Crippen molar-refractivity contribution in [3.8, 4) is 5.75 Å². The maximum absolute atomic E-state index is 11.8. The van der Waals surface area contributed by atoms with Crippen molar-refractivity contribution < 1.29 is 9.84 Å². The zero-order chi connectivity index (χ0) is 13.7. The number of unbranched alkanes of at least 4 members (excludes halogenated alkanes) is 1. The first-order valence-corrected chi connectivity index (χ1v) is 6.23. The van der Waals surface area contributed by atoms with Crippen molar-refractivity contribution in [3.63, 3.8) is 0 Å². The summed E-state index contributed by atoms with van der Waals surface area (Å²) in [5, 5.41) is 10.2. The molecule has 0 bridgehead atoms. The highest BCUT2D eigenvalue weighted by molar-refractivity contribution is 5.86. The first-order valence-electron chi connectivity index (χ1n) is 6.23. The van der Waals surface area contributed by atoms with Crippen molar-refractivity contribution in [2.75, 3.05) is 13.7 Å². The van der Waals surface area contributed by atoms with Crippen LogP contribution in [0, 0.1) is 0 Å². The maximum atomic E-state index is 11.8. The van der Waals surface area contributed by atoms with Crippen LogP contribution in [0.15, 0.2) is 35.3 Å². The van der Waals surface area contributed by atoms with E-state index >= 15 is 0 Å². The van der Waals surface area contributed by atoms with Gasteiger partial charge in [-0.1, -0.05) is 12.2 Å². The van der Waals surface area contributed by atoms with Crippen LogP contribution in [0.2, 0.25) is 0 Å². The van der Waals surface area contributed by atoms with Crippen LogP contribution < -0.4 is 10.3 Å². The van der Waals surface area contributed by atoms with E-state index in [-0.39, 0.29) is 12.2 Å². The van der Waals surface area contributed by atoms with Gasteiger partial charge in [0.2, 0.25) is 0 Å². The summed E-state index contributed by atoms with van der Waals surface area (Å²) in [5.74, 6) is 0.735. The zero-order valence-electron chi connectivity index (χ0n) is 10.8. The zero-order valence-corrected chi connectivity index (χ0v) is 10.8. The van der Waals surface area contributed by atoms with Crippen molar-refractivity contribution in [3.05, 3.63) is 46.4 Å². The Morgan fingerprint density at radius 2 is 2.26 bits per heavy atom. The molecule has 2 rings (SSSR count). The number of aliphatic hydroxyl groups is 1. The number of methoxy groups -OCH3 is 1. The van der Waals surface area contributed by atoms with E-state index in [1.807, 2.05) is 30.4 Å². The average molecular weight is 259 g/mol. The number of aliphatic hydroxyl groups excluding tert-OH is 1. The molecule has 100 valence electrons. The highest BCUT2D eigenvalue weighted by atomic mass is 16.5. The number of nitrogens with one attached hydrogen (secondary N) is 1. The summed E-state index contributed by atoms with van der Waals surface area (Å²) in [4.78, 5) is 14.4. The molecule has 1 aromatic heterocycles. The molecular formula is C15H17NO3. The first-order chi connectivity index (χ1) is 9.26. The second-order valence-corrected chi connectivity index (χ2v) is 4.26. The third-order valence-corrected chi connectivity index (χ3v) is 2.95. The van der Waals surface area contributed by atoms with E-state index in [2.05, 4.69) is 4.98 Å². The highest BCUT2D eigenvalue weighted by Gasteiger charge is 2.05. The van der Waals surface area contributed by atoms with Crippen LogP contribution in [0.5, 0.6) is 5.75 Å². The lowest BCUT2D eigenvalue weighted by Gasteiger charge is -2.06. The number of H-pyrrole nitrogens is 1. The molecule has 2 N–H and O–H groups in total. The van der Waals surface area contributed by atoms with Crippen molar-refractivity contribution in [1.82, 2.24) is 4.98 Å². The lowest BCUT2D eigenvalue weighted by atomic mass is 10.1. The van der Waals surface area contributed by atoms with Gasteiger partial charge in [-0.3, -0.25) is 4.79 Å². The summed E-state index contributed by atoms with van der Waals surface area (Å²) in [7, 11) is 1.61. The Bertz CT molecular complexity index is 643. The van der Waals surface area contributed by atoms with Crippen LogP contribution >= 0.6 is 0 Å². The Morgan fingerprint density at radius 1 is 1.42 bits per heavy atom. The molecule has 0 radical (unpaired) electrons. The number of pyridine rings is 1. The topological polar surface area (TPSA) is 62.3 Å². The summed E-state index contributed by atoms with van der Waals surface area (Å²) in [6.07, 6.45) is 7.04. The fraction of sp³-hybridized carbons (Fsp3) is 0.267. The predicted molar refractivity (Wildman–Crippen MR) is 76.5 cm³/mol. The summed E-state index contributed by atoms with van der Waals surface area (Å²) in [5.41, 5.74) is 0.759. The van der Waals surface area contributed by atoms with E-state index in [4.69, 9.17) is 9.84 Å². The number of aromatic amines is 1. The molecule has 0 saturated heterocycles. The highest BCUT2D eigenvalue weighted by Crippen LogP contribution is 2.25. The van der Waals surface area contributed by atoms with Gasteiger partial charge in [0.25, 0.3) is 5.56 Å². The summed E-state index contributed by atoms with van der Waals surface area (Å²) in [6.45, 7) is 0.179. The SMILES string of the molecule is COc1cc2cc[nH]c(=O)c2cc1/C=C/CCCO. The third-order valence-electron chi connectivity index (χ3n) is 2.95. The monoisotopic (exact) mass is 259 g/mol. The molecule has 19 heavy (non-hydrogen) atoms. The molecule has 4 heteroatoms. The molecule has 0 aliphatic rings. The van der Waals surface area contributed by atoms with E-state index < -0.39 is 0 Å². The minimum atomic E-state index is -0.106. The maximum Gasteiger partial charge on any atom is 0.255 e. The van der Waals surface area contributed by atoms with Crippen LogP contribution in [-0.4, -0.2) is 23.8 Å². The van der Waals surface area contributed by atoms with E-state index in [1.54, 1.807) is 13.3 Å². The Morgan fingerprint density at radius 3 is 3.00 bits per heavy atom. The molecule has 0 amide bonds. The number of benzene rings is 1. The Kier molecular flexibility index (Phi) is 4.36. The van der Waals surface area contributed by atoms with Gasteiger partial charge in [-0.05, 0) is 36.4 Å². The van der Waals surface area contributed by atoms with Crippen LogP contribution in [0.4, 0.5) is 0 Å². The molecule has 0 fully saturated rings. The molecule has 0 atom stereocenters. The molecule has 1 aromatic carbocycles. The summed E-state index contributed by atoms with van der Waals surface area (Å²) in [6, 6.07) is 5.53. The van der Waals surface area contributed by atoms with Crippen LogP contribution in [0.1, 0.15) is 18.4 Å². The standard InChI is InChI=1S/C15H17NO3/c1-19-14-10-11-6-7-16-15(18)13(11)9-12(14)5-3-2-4-8-17/h3,5-7,9-10,17H,2,4,8H2,1H3,(H,16,18)/b5-3+. The number of hydrogen-bond acceptors (Lipinski definition) is 3. The van der Waals surface area contributed by atoms with Crippen molar-refractivity contribution in [2.24, 2.45) is 0 Å². The smallest absolute Gasteiger partial charge is 0.255 e. The lowest BCUT2D eigenvalue weighted by Crippen LogP contribution is -2.04. The van der Waals surface area contributed by atoms with E-state index in [1.165, 1.54) is 0 Å². The van der Waals surface area contributed by atoms with Crippen molar-refractivity contribution in [2.45, 2.75) is 12.8 Å². The number of aromatic nitrogens is 1. The van der Waals surface area contributed by atoms with Crippen LogP contribution in [0.3, 0.4) is 0 Å². The Labute approximate surface area is 111 Å². The lowest BCUT2D eigenvalue weighted by molar-refractivity contribution is 0.290. The van der Waals surface area contributed by atoms with Gasteiger partial charge in [-0.2, -0.15) is 0 Å². The van der Waals surface area contributed by atoms with Crippen LogP contribution in [-0.2, 0) is 0 Å². The fourth-order valence-corrected chi connectivity index (χ4v) is 1.96. The van der Waals surface area contributed by atoms with Gasteiger partial charge < -0.3 is 14.8 Å². The average Bonchev–Trinajstić information content (AvgIpc) is 2.43. The molecule has 2 aromatic rings. The van der Waals surface area contributed by atoms with Crippen molar-refractivity contribution in [1.29, 1.82) is 0 Å². The Balaban J connectivity index is 2.44. The molecule has 1 heterocycles. The normalized spacial score (nSPS) is 11.3. The second kappa shape index (κ2) is 6.20.